The monoisotopic (exact) mass is 315 g/mol. The van der Waals surface area contributed by atoms with Gasteiger partial charge in [0, 0.05) is 16.9 Å². The Labute approximate surface area is 127 Å². The van der Waals surface area contributed by atoms with Gasteiger partial charge in [0.05, 0.1) is 10.8 Å². The molecule has 0 heterocycles. The van der Waals surface area contributed by atoms with Crippen LogP contribution in [0.15, 0.2) is 29.2 Å². The van der Waals surface area contributed by atoms with Gasteiger partial charge in [0.2, 0.25) is 5.91 Å². The highest BCUT2D eigenvalue weighted by molar-refractivity contribution is 8.00. The molecular weight excluding hydrogens is 298 g/mol. The van der Waals surface area contributed by atoms with Crippen LogP contribution in [0.2, 0.25) is 5.02 Å². The van der Waals surface area contributed by atoms with Crippen LogP contribution in [-0.4, -0.2) is 28.3 Å². The third-order valence-corrected chi connectivity index (χ3v) is 4.15. The predicted molar refractivity (Wildman–Crippen MR) is 81.3 cm³/mol. The second-order valence-corrected chi connectivity index (χ2v) is 6.47. The molecule has 1 aromatic carbocycles. The third-order valence-electron chi connectivity index (χ3n) is 2.64. The second-order valence-electron chi connectivity index (χ2n) is 5.04. The van der Waals surface area contributed by atoms with Gasteiger partial charge in [0.1, 0.15) is 0 Å². The number of carboxylic acid groups (broad SMARTS) is 1. The van der Waals surface area contributed by atoms with Crippen molar-refractivity contribution < 1.29 is 14.7 Å². The first-order valence-electron chi connectivity index (χ1n) is 6.20. The van der Waals surface area contributed by atoms with Crippen molar-refractivity contribution >= 4 is 35.2 Å². The SMILES string of the molecule is CC(C)(CCC(=O)O)NC(=O)CSc1ccccc1Cl. The lowest BCUT2D eigenvalue weighted by Gasteiger charge is -2.25. The van der Waals surface area contributed by atoms with Gasteiger partial charge in [-0.15, -0.1) is 11.8 Å². The van der Waals surface area contributed by atoms with Crippen molar-refractivity contribution in [3.8, 4) is 0 Å². The Balaban J connectivity index is 2.43. The highest BCUT2D eigenvalue weighted by Gasteiger charge is 2.21. The lowest BCUT2D eigenvalue weighted by atomic mass is 9.98. The van der Waals surface area contributed by atoms with Crippen molar-refractivity contribution in [3.05, 3.63) is 29.3 Å². The largest absolute Gasteiger partial charge is 0.481 e. The third kappa shape index (κ3) is 6.30. The minimum atomic E-state index is -0.863. The van der Waals surface area contributed by atoms with Crippen LogP contribution in [0.5, 0.6) is 0 Å². The van der Waals surface area contributed by atoms with E-state index in [-0.39, 0.29) is 18.1 Å². The second kappa shape index (κ2) is 7.55. The maximum atomic E-state index is 11.9. The molecule has 0 bridgehead atoms. The molecule has 0 unspecified atom stereocenters. The fourth-order valence-electron chi connectivity index (χ4n) is 1.60. The van der Waals surface area contributed by atoms with E-state index >= 15 is 0 Å². The molecule has 1 amide bonds. The smallest absolute Gasteiger partial charge is 0.303 e. The van der Waals surface area contributed by atoms with E-state index in [0.29, 0.717) is 11.4 Å². The number of amides is 1. The number of carbonyl (C=O) groups is 2. The number of nitrogens with one attached hydrogen (secondary N) is 1. The summed E-state index contributed by atoms with van der Waals surface area (Å²) in [6.07, 6.45) is 0.426. The average Bonchev–Trinajstić information content (AvgIpc) is 2.35. The maximum Gasteiger partial charge on any atom is 0.303 e. The molecule has 1 rings (SSSR count). The van der Waals surface area contributed by atoms with Gasteiger partial charge in [-0.25, -0.2) is 0 Å². The Morgan fingerprint density at radius 3 is 2.60 bits per heavy atom. The first-order valence-corrected chi connectivity index (χ1v) is 7.57. The molecule has 20 heavy (non-hydrogen) atoms. The van der Waals surface area contributed by atoms with Gasteiger partial charge < -0.3 is 10.4 Å². The van der Waals surface area contributed by atoms with E-state index in [4.69, 9.17) is 16.7 Å². The zero-order chi connectivity index (χ0) is 15.2. The van der Waals surface area contributed by atoms with Crippen molar-refractivity contribution in [2.45, 2.75) is 37.1 Å². The Bertz CT molecular complexity index is 491. The molecule has 0 saturated heterocycles. The zero-order valence-corrected chi connectivity index (χ0v) is 13.1. The summed E-state index contributed by atoms with van der Waals surface area (Å²) in [6, 6.07) is 7.33. The van der Waals surface area contributed by atoms with E-state index in [2.05, 4.69) is 5.32 Å². The first-order chi connectivity index (χ1) is 9.30. The molecular formula is C14H18ClNO3S. The van der Waals surface area contributed by atoms with Crippen LogP contribution in [0, 0.1) is 0 Å². The van der Waals surface area contributed by atoms with Crippen molar-refractivity contribution in [2.75, 3.05) is 5.75 Å². The molecule has 0 aliphatic carbocycles. The summed E-state index contributed by atoms with van der Waals surface area (Å²) in [5.74, 6) is -0.747. The lowest BCUT2D eigenvalue weighted by Crippen LogP contribution is -2.44. The van der Waals surface area contributed by atoms with Crippen LogP contribution in [0.4, 0.5) is 0 Å². The van der Waals surface area contributed by atoms with Crippen LogP contribution >= 0.6 is 23.4 Å². The molecule has 6 heteroatoms. The first kappa shape index (κ1) is 16.9. The molecule has 0 atom stereocenters. The molecule has 0 aliphatic heterocycles. The number of thioether (sulfide) groups is 1. The fourth-order valence-corrected chi connectivity index (χ4v) is 2.64. The predicted octanol–water partition coefficient (Wildman–Crippen LogP) is 3.19. The number of carboxylic acids is 1. The van der Waals surface area contributed by atoms with Gasteiger partial charge in [0.15, 0.2) is 0 Å². The standard InChI is InChI=1S/C14H18ClNO3S/c1-14(2,8-7-13(18)19)16-12(17)9-20-11-6-4-3-5-10(11)15/h3-6H,7-9H2,1-2H3,(H,16,17)(H,18,19). The summed E-state index contributed by atoms with van der Waals surface area (Å²) in [4.78, 5) is 23.3. The maximum absolute atomic E-state index is 11.9. The van der Waals surface area contributed by atoms with Crippen LogP contribution in [0.1, 0.15) is 26.7 Å². The van der Waals surface area contributed by atoms with E-state index in [0.717, 1.165) is 4.90 Å². The number of rotatable bonds is 7. The van der Waals surface area contributed by atoms with Gasteiger partial charge in [-0.3, -0.25) is 9.59 Å². The fraction of sp³-hybridized carbons (Fsp3) is 0.429. The van der Waals surface area contributed by atoms with E-state index in [1.165, 1.54) is 11.8 Å². The van der Waals surface area contributed by atoms with Crippen molar-refractivity contribution in [3.63, 3.8) is 0 Å². The van der Waals surface area contributed by atoms with E-state index in [1.807, 2.05) is 32.0 Å². The number of halogens is 1. The quantitative estimate of drug-likeness (QED) is 0.758. The molecule has 0 spiro atoms. The summed E-state index contributed by atoms with van der Waals surface area (Å²) < 4.78 is 0. The normalized spacial score (nSPS) is 11.2. The number of carbonyl (C=O) groups excluding carboxylic acids is 1. The Morgan fingerprint density at radius 1 is 1.35 bits per heavy atom. The summed E-state index contributed by atoms with van der Waals surface area (Å²) >= 11 is 7.37. The molecule has 1 aromatic rings. The Hall–Kier alpha value is -1.20. The summed E-state index contributed by atoms with van der Waals surface area (Å²) in [7, 11) is 0. The van der Waals surface area contributed by atoms with Crippen LogP contribution in [0.3, 0.4) is 0 Å². The summed E-state index contributed by atoms with van der Waals surface area (Å²) in [6.45, 7) is 3.63. The number of aliphatic carboxylic acids is 1. The summed E-state index contributed by atoms with van der Waals surface area (Å²) in [5, 5.41) is 12.1. The molecule has 0 aliphatic rings. The van der Waals surface area contributed by atoms with Crippen LogP contribution < -0.4 is 5.32 Å². The van der Waals surface area contributed by atoms with Gasteiger partial charge in [-0.05, 0) is 32.4 Å². The molecule has 0 saturated carbocycles. The highest BCUT2D eigenvalue weighted by Crippen LogP contribution is 2.26. The van der Waals surface area contributed by atoms with Gasteiger partial charge in [-0.2, -0.15) is 0 Å². The molecule has 110 valence electrons. The van der Waals surface area contributed by atoms with Gasteiger partial charge in [-0.1, -0.05) is 23.7 Å². The van der Waals surface area contributed by atoms with Crippen molar-refractivity contribution in [1.29, 1.82) is 0 Å². The molecule has 0 aromatic heterocycles. The van der Waals surface area contributed by atoms with E-state index in [9.17, 15) is 9.59 Å². The molecule has 0 radical (unpaired) electrons. The van der Waals surface area contributed by atoms with Gasteiger partial charge in [0.25, 0.3) is 0 Å². The van der Waals surface area contributed by atoms with Crippen molar-refractivity contribution in [2.24, 2.45) is 0 Å². The highest BCUT2D eigenvalue weighted by atomic mass is 35.5. The molecule has 4 nitrogen and oxygen atoms in total. The molecule has 0 fully saturated rings. The number of hydrogen-bond acceptors (Lipinski definition) is 3. The average molecular weight is 316 g/mol. The number of benzene rings is 1. The Kier molecular flexibility index (Phi) is 6.36. The lowest BCUT2D eigenvalue weighted by molar-refractivity contribution is -0.137. The summed E-state index contributed by atoms with van der Waals surface area (Å²) in [5.41, 5.74) is -0.531. The van der Waals surface area contributed by atoms with E-state index < -0.39 is 11.5 Å². The minimum absolute atomic E-state index is 0.0327. The Morgan fingerprint density at radius 2 is 2.00 bits per heavy atom. The van der Waals surface area contributed by atoms with E-state index in [1.54, 1.807) is 6.07 Å². The molecule has 2 N–H and O–H groups in total. The topological polar surface area (TPSA) is 66.4 Å². The van der Waals surface area contributed by atoms with Gasteiger partial charge >= 0.3 is 5.97 Å². The zero-order valence-electron chi connectivity index (χ0n) is 11.5. The van der Waals surface area contributed by atoms with Crippen molar-refractivity contribution in [1.82, 2.24) is 5.32 Å². The minimum Gasteiger partial charge on any atom is -0.481 e. The van der Waals surface area contributed by atoms with Crippen LogP contribution in [0.25, 0.3) is 0 Å². The number of hydrogen-bond donors (Lipinski definition) is 2. The van der Waals surface area contributed by atoms with Crippen LogP contribution in [-0.2, 0) is 9.59 Å².